The third kappa shape index (κ3) is 6.70. The van der Waals surface area contributed by atoms with E-state index in [9.17, 15) is 4.79 Å². The Morgan fingerprint density at radius 3 is 1.39 bits per heavy atom. The van der Waals surface area contributed by atoms with Crippen molar-refractivity contribution in [1.82, 2.24) is 0 Å². The van der Waals surface area contributed by atoms with Crippen molar-refractivity contribution in [2.45, 2.75) is 11.1 Å². The van der Waals surface area contributed by atoms with E-state index >= 15 is 0 Å². The third-order valence-corrected chi connectivity index (χ3v) is 13.7. The maximum atomic E-state index is 11.9. The molecule has 1 unspecified atom stereocenters. The van der Waals surface area contributed by atoms with Gasteiger partial charge in [0, 0.05) is 0 Å². The van der Waals surface area contributed by atoms with Crippen LogP contribution in [-0.2, 0) is 26.6 Å². The number of carbonyl (C=O) groups excluding carboxylic acids is 1. The number of hydrogen-bond donors (Lipinski definition) is 0. The van der Waals surface area contributed by atoms with Crippen LogP contribution < -0.4 is 21.2 Å². The van der Waals surface area contributed by atoms with Gasteiger partial charge in [-0.3, -0.25) is 0 Å². The van der Waals surface area contributed by atoms with Gasteiger partial charge in [0.2, 0.25) is 0 Å². The van der Waals surface area contributed by atoms with E-state index in [0.717, 1.165) is 6.16 Å². The van der Waals surface area contributed by atoms with Crippen molar-refractivity contribution in [3.05, 3.63) is 121 Å². The van der Waals surface area contributed by atoms with Crippen molar-refractivity contribution in [2.75, 3.05) is 6.16 Å². The number of hydrogen-bond acceptors (Lipinski definition) is 2. The molecule has 0 N–H and O–H groups in total. The Hall–Kier alpha value is -2.13. The molecule has 4 aromatic rings. The first-order valence-electron chi connectivity index (χ1n) is 10.7. The molecule has 0 bridgehead atoms. The first-order chi connectivity index (χ1) is 16.2. The summed E-state index contributed by atoms with van der Waals surface area (Å²) >= 11 is -0.132. The second-order valence-corrected chi connectivity index (χ2v) is 14.4. The Bertz CT molecular complexity index is 1050. The Morgan fingerprint density at radius 1 is 0.667 bits per heavy atom. The van der Waals surface area contributed by atoms with Gasteiger partial charge in [-0.05, 0) is 0 Å². The van der Waals surface area contributed by atoms with Crippen LogP contribution in [0.4, 0.5) is 0 Å². The van der Waals surface area contributed by atoms with Crippen LogP contribution in [0.5, 0.6) is 0 Å². The van der Waals surface area contributed by atoms with Crippen LogP contribution in [0.3, 0.4) is 0 Å². The summed E-state index contributed by atoms with van der Waals surface area (Å²) in [7, 11) is -1.29. The minimum atomic E-state index is -0.697. The molecule has 0 radical (unpaired) electrons. The van der Waals surface area contributed by atoms with Gasteiger partial charge in [-0.25, -0.2) is 0 Å². The predicted octanol–water partition coefficient (Wildman–Crippen LogP) is 5.14. The summed E-state index contributed by atoms with van der Waals surface area (Å²) in [5, 5.41) is 5.36. The zero-order valence-corrected chi connectivity index (χ0v) is 21.7. The molecule has 1 atom stereocenters. The predicted molar refractivity (Wildman–Crippen MR) is 139 cm³/mol. The molecule has 0 spiro atoms. The molecule has 4 rings (SSSR count). The Morgan fingerprint density at radius 2 is 1.03 bits per heavy atom. The fourth-order valence-corrected chi connectivity index (χ4v) is 12.5. The average Bonchev–Trinajstić information content (AvgIpc) is 2.88. The first kappa shape index (κ1) is 24.0. The molecule has 0 saturated carbocycles. The minimum absolute atomic E-state index is 0.132. The molecule has 33 heavy (non-hydrogen) atoms. The summed E-state index contributed by atoms with van der Waals surface area (Å²) < 4.78 is 5.98. The van der Waals surface area contributed by atoms with Gasteiger partial charge in [-0.1, -0.05) is 0 Å². The monoisotopic (exact) mass is 562 g/mol. The topological polar surface area (TPSA) is 26.3 Å². The van der Waals surface area contributed by atoms with Gasteiger partial charge in [0.1, 0.15) is 0 Å². The summed E-state index contributed by atoms with van der Waals surface area (Å²) in [6.07, 6.45) is 0.973. The maximum absolute atomic E-state index is 11.9. The Balaban J connectivity index is 1.78. The molecule has 170 valence electrons. The molecule has 0 aliphatic rings. The SMILES string of the molecule is CC(=O)[O][Pd][CH](CP(c1ccccc1)c1ccccc1)P(c1ccccc1)c1ccccc1. The van der Waals surface area contributed by atoms with Crippen LogP contribution >= 0.6 is 15.8 Å². The van der Waals surface area contributed by atoms with Crippen LogP contribution in [0, 0.1) is 0 Å². The van der Waals surface area contributed by atoms with Gasteiger partial charge in [0.15, 0.2) is 0 Å². The molecule has 0 amide bonds. The zero-order chi connectivity index (χ0) is 22.9. The molecule has 0 fully saturated rings. The van der Waals surface area contributed by atoms with E-state index < -0.39 is 15.8 Å². The fourth-order valence-electron chi connectivity index (χ4n) is 3.58. The molecule has 0 aromatic heterocycles. The van der Waals surface area contributed by atoms with Crippen LogP contribution in [0.15, 0.2) is 121 Å². The van der Waals surface area contributed by atoms with Gasteiger partial charge >= 0.3 is 208 Å². The average molecular weight is 563 g/mol. The van der Waals surface area contributed by atoms with Crippen LogP contribution in [-0.4, -0.2) is 16.3 Å². The van der Waals surface area contributed by atoms with Gasteiger partial charge in [0.25, 0.3) is 0 Å². The van der Waals surface area contributed by atoms with Crippen molar-refractivity contribution >= 4 is 43.0 Å². The van der Waals surface area contributed by atoms with E-state index in [1.54, 1.807) is 0 Å². The first-order valence-corrected chi connectivity index (χ1v) is 15.2. The standard InChI is InChI=1S/C26H23P2.C2H4O2.Pd/c1-5-13-23(14-6-1)27(24-15-7-2-8-16-24)21-22-28(25-17-9-3-10-18-25)26-19-11-4-12-20-26;1-2(3)4;/h1-21H,22H2;1H3,(H,3,4);/q;;+1/p-1. The normalized spacial score (nSPS) is 12.1. The number of carbonyl (C=O) groups is 1. The number of rotatable bonds is 9. The summed E-state index contributed by atoms with van der Waals surface area (Å²) in [4.78, 5) is 11.9. The van der Waals surface area contributed by atoms with E-state index in [2.05, 4.69) is 121 Å². The van der Waals surface area contributed by atoms with Crippen molar-refractivity contribution < 1.29 is 26.6 Å². The van der Waals surface area contributed by atoms with Crippen LogP contribution in [0.1, 0.15) is 6.92 Å². The molecule has 0 aliphatic carbocycles. The molecule has 0 heterocycles. The van der Waals surface area contributed by atoms with Gasteiger partial charge in [-0.15, -0.1) is 0 Å². The molecule has 4 aromatic carbocycles. The molecule has 0 aliphatic heterocycles. The van der Waals surface area contributed by atoms with Gasteiger partial charge < -0.3 is 0 Å². The van der Waals surface area contributed by atoms with Gasteiger partial charge in [-0.2, -0.15) is 0 Å². The number of benzene rings is 4. The molecule has 0 saturated heterocycles. The van der Waals surface area contributed by atoms with E-state index in [-0.39, 0.29) is 28.5 Å². The molecule has 5 heteroatoms. The van der Waals surface area contributed by atoms with Crippen molar-refractivity contribution in [3.63, 3.8) is 0 Å². The Kier molecular flexibility index (Phi) is 9.00. The van der Waals surface area contributed by atoms with Crippen molar-refractivity contribution in [3.8, 4) is 0 Å². The molecular weight excluding hydrogens is 537 g/mol. The second-order valence-electron chi connectivity index (χ2n) is 7.35. The quantitative estimate of drug-likeness (QED) is 0.209. The van der Waals surface area contributed by atoms with Crippen molar-refractivity contribution in [1.29, 1.82) is 0 Å². The van der Waals surface area contributed by atoms with Crippen LogP contribution in [0.25, 0.3) is 0 Å². The molecular formula is C28H26O2P2Pd. The third-order valence-electron chi connectivity index (χ3n) is 5.00. The van der Waals surface area contributed by atoms with Gasteiger partial charge in [0.05, 0.1) is 0 Å². The zero-order valence-electron chi connectivity index (χ0n) is 18.4. The fraction of sp³-hybridized carbons (Fsp3) is 0.107. The van der Waals surface area contributed by atoms with E-state index in [1.165, 1.54) is 28.1 Å². The Labute approximate surface area is 207 Å². The summed E-state index contributed by atoms with van der Waals surface area (Å²) in [6.45, 7) is 1.51. The van der Waals surface area contributed by atoms with E-state index in [1.807, 2.05) is 0 Å². The van der Waals surface area contributed by atoms with Crippen molar-refractivity contribution in [2.24, 2.45) is 0 Å². The van der Waals surface area contributed by atoms with E-state index in [0.29, 0.717) is 0 Å². The summed E-state index contributed by atoms with van der Waals surface area (Å²) in [5.74, 6) is -0.200. The second kappa shape index (κ2) is 12.4. The summed E-state index contributed by atoms with van der Waals surface area (Å²) in [5.41, 5.74) is 0. The van der Waals surface area contributed by atoms with Crippen LogP contribution in [0.2, 0.25) is 0 Å². The summed E-state index contributed by atoms with van der Waals surface area (Å²) in [6, 6.07) is 43.0. The van der Waals surface area contributed by atoms with E-state index in [4.69, 9.17) is 3.46 Å². The molecule has 2 nitrogen and oxygen atoms in total.